The molecule has 1 unspecified atom stereocenters. The third kappa shape index (κ3) is 4.80. The van der Waals surface area contributed by atoms with Crippen LogP contribution in [0.1, 0.15) is 45.1 Å². The van der Waals surface area contributed by atoms with Gasteiger partial charge in [-0.05, 0) is 43.4 Å². The molecule has 0 saturated carbocycles. The summed E-state index contributed by atoms with van der Waals surface area (Å²) in [5.41, 5.74) is 6.99. The van der Waals surface area contributed by atoms with Gasteiger partial charge in [0.25, 0.3) is 0 Å². The Hall–Kier alpha value is -1.44. The number of rotatable bonds is 5. The van der Waals surface area contributed by atoms with Gasteiger partial charge in [0.15, 0.2) is 0 Å². The number of hydrogen-bond donors (Lipinski definition) is 2. The van der Waals surface area contributed by atoms with Crippen molar-refractivity contribution in [1.29, 1.82) is 0 Å². The summed E-state index contributed by atoms with van der Waals surface area (Å²) in [5, 5.41) is 2.73. The Kier molecular flexibility index (Phi) is 6.59. The number of anilines is 1. The average Bonchev–Trinajstić information content (AvgIpc) is 2.85. The molecule has 0 bridgehead atoms. The smallest absolute Gasteiger partial charge is 0.243 e. The van der Waals surface area contributed by atoms with Gasteiger partial charge >= 0.3 is 0 Å². The number of carbonyl (C=O) groups is 1. The average molecular weight is 368 g/mol. The standard InChI is InChI=1S/C18H29N3O3S/c1-13(2)17(19)18(22)20-15-9-8-14(3)16(12-15)25(23,24)21-10-6-4-5-7-11-21/h8-9,12-13,17H,4-7,10-11,19H2,1-3H3,(H,20,22). The Labute approximate surface area is 150 Å². The van der Waals surface area contributed by atoms with Gasteiger partial charge < -0.3 is 11.1 Å². The van der Waals surface area contributed by atoms with Gasteiger partial charge in [-0.3, -0.25) is 4.79 Å². The van der Waals surface area contributed by atoms with Crippen molar-refractivity contribution in [3.63, 3.8) is 0 Å². The minimum Gasteiger partial charge on any atom is -0.325 e. The van der Waals surface area contributed by atoms with E-state index in [2.05, 4.69) is 5.32 Å². The van der Waals surface area contributed by atoms with Crippen molar-refractivity contribution in [3.8, 4) is 0 Å². The number of benzene rings is 1. The van der Waals surface area contributed by atoms with E-state index >= 15 is 0 Å². The van der Waals surface area contributed by atoms with Gasteiger partial charge in [0, 0.05) is 18.8 Å². The highest BCUT2D eigenvalue weighted by molar-refractivity contribution is 7.89. The summed E-state index contributed by atoms with van der Waals surface area (Å²) in [5.74, 6) is -0.303. The number of hydrogen-bond acceptors (Lipinski definition) is 4. The summed E-state index contributed by atoms with van der Waals surface area (Å²) in [6, 6.07) is 4.34. The van der Waals surface area contributed by atoms with Crippen LogP contribution in [0.4, 0.5) is 5.69 Å². The maximum atomic E-state index is 13.0. The summed E-state index contributed by atoms with van der Waals surface area (Å²) in [6.45, 7) is 6.62. The number of nitrogens with one attached hydrogen (secondary N) is 1. The Balaban J connectivity index is 2.27. The molecule has 1 fully saturated rings. The Morgan fingerprint density at radius 1 is 1.16 bits per heavy atom. The molecule has 3 N–H and O–H groups in total. The lowest BCUT2D eigenvalue weighted by Crippen LogP contribution is -2.39. The first-order valence-electron chi connectivity index (χ1n) is 8.90. The summed E-state index contributed by atoms with van der Waals surface area (Å²) >= 11 is 0. The Morgan fingerprint density at radius 2 is 1.76 bits per heavy atom. The van der Waals surface area contributed by atoms with Gasteiger partial charge in [0.2, 0.25) is 15.9 Å². The molecule has 1 aromatic carbocycles. The predicted octanol–water partition coefficient (Wildman–Crippen LogP) is 2.48. The number of aryl methyl sites for hydroxylation is 1. The largest absolute Gasteiger partial charge is 0.325 e. The third-order valence-electron chi connectivity index (χ3n) is 4.66. The number of nitrogens with zero attached hydrogens (tertiary/aromatic N) is 1. The Bertz CT molecular complexity index is 708. The summed E-state index contributed by atoms with van der Waals surface area (Å²) in [7, 11) is -3.56. The molecule has 1 aromatic rings. The zero-order chi connectivity index (χ0) is 18.6. The molecule has 1 saturated heterocycles. The van der Waals surface area contributed by atoms with E-state index in [1.807, 2.05) is 13.8 Å². The lowest BCUT2D eigenvalue weighted by atomic mass is 10.0. The van der Waals surface area contributed by atoms with E-state index < -0.39 is 16.1 Å². The molecule has 25 heavy (non-hydrogen) atoms. The number of sulfonamides is 1. The molecule has 140 valence electrons. The SMILES string of the molecule is Cc1ccc(NC(=O)C(N)C(C)C)cc1S(=O)(=O)N1CCCCCC1. The van der Waals surface area contributed by atoms with Crippen LogP contribution in [0.25, 0.3) is 0 Å². The van der Waals surface area contributed by atoms with E-state index in [-0.39, 0.29) is 16.7 Å². The van der Waals surface area contributed by atoms with Crippen LogP contribution in [0.2, 0.25) is 0 Å². The molecule has 1 atom stereocenters. The predicted molar refractivity (Wildman–Crippen MR) is 99.8 cm³/mol. The minimum absolute atomic E-state index is 0.00533. The first-order chi connectivity index (χ1) is 11.7. The highest BCUT2D eigenvalue weighted by atomic mass is 32.2. The molecule has 6 nitrogen and oxygen atoms in total. The topological polar surface area (TPSA) is 92.5 Å². The van der Waals surface area contributed by atoms with Crippen molar-refractivity contribution >= 4 is 21.6 Å². The summed E-state index contributed by atoms with van der Waals surface area (Å²) in [4.78, 5) is 12.4. The fraction of sp³-hybridized carbons (Fsp3) is 0.611. The fourth-order valence-electron chi connectivity index (χ4n) is 2.91. The van der Waals surface area contributed by atoms with Crippen LogP contribution in [0, 0.1) is 12.8 Å². The quantitative estimate of drug-likeness (QED) is 0.836. The molecule has 0 radical (unpaired) electrons. The van der Waals surface area contributed by atoms with Crippen LogP contribution in [0.3, 0.4) is 0 Å². The molecular weight excluding hydrogens is 338 g/mol. The summed E-state index contributed by atoms with van der Waals surface area (Å²) < 4.78 is 27.6. The van der Waals surface area contributed by atoms with E-state index in [1.165, 1.54) is 0 Å². The van der Waals surface area contributed by atoms with Crippen LogP contribution in [-0.2, 0) is 14.8 Å². The van der Waals surface area contributed by atoms with Gasteiger partial charge in [0.1, 0.15) is 0 Å². The van der Waals surface area contributed by atoms with Crippen LogP contribution in [-0.4, -0.2) is 37.8 Å². The van der Waals surface area contributed by atoms with Crippen molar-refractivity contribution in [2.24, 2.45) is 11.7 Å². The number of nitrogens with two attached hydrogens (primary N) is 1. The van der Waals surface area contributed by atoms with E-state index in [4.69, 9.17) is 5.73 Å². The maximum absolute atomic E-state index is 13.0. The molecule has 2 rings (SSSR count). The number of carbonyl (C=O) groups excluding carboxylic acids is 1. The van der Waals surface area contributed by atoms with Crippen molar-refractivity contribution in [2.45, 2.75) is 57.4 Å². The molecule has 0 aliphatic carbocycles. The van der Waals surface area contributed by atoms with E-state index in [9.17, 15) is 13.2 Å². The normalized spacial score (nSPS) is 18.0. The van der Waals surface area contributed by atoms with Gasteiger partial charge in [-0.25, -0.2) is 8.42 Å². The van der Waals surface area contributed by atoms with Crippen molar-refractivity contribution in [2.75, 3.05) is 18.4 Å². The van der Waals surface area contributed by atoms with E-state index in [0.29, 0.717) is 24.3 Å². The molecular formula is C18H29N3O3S. The van der Waals surface area contributed by atoms with Gasteiger partial charge in [0.05, 0.1) is 10.9 Å². The zero-order valence-corrected chi connectivity index (χ0v) is 16.1. The molecule has 1 aliphatic heterocycles. The maximum Gasteiger partial charge on any atom is 0.243 e. The number of amides is 1. The van der Waals surface area contributed by atoms with Gasteiger partial charge in [-0.1, -0.05) is 32.8 Å². The first kappa shape index (κ1) is 19.9. The third-order valence-corrected chi connectivity index (χ3v) is 6.70. The highest BCUT2D eigenvalue weighted by Gasteiger charge is 2.27. The van der Waals surface area contributed by atoms with Crippen molar-refractivity contribution in [1.82, 2.24) is 4.31 Å². The van der Waals surface area contributed by atoms with Crippen LogP contribution >= 0.6 is 0 Å². The zero-order valence-electron chi connectivity index (χ0n) is 15.3. The van der Waals surface area contributed by atoms with Crippen LogP contribution in [0.15, 0.2) is 23.1 Å². The molecule has 0 aromatic heterocycles. The first-order valence-corrected chi connectivity index (χ1v) is 10.3. The lowest BCUT2D eigenvalue weighted by Gasteiger charge is -2.22. The van der Waals surface area contributed by atoms with Gasteiger partial charge in [-0.15, -0.1) is 0 Å². The van der Waals surface area contributed by atoms with Gasteiger partial charge in [-0.2, -0.15) is 4.31 Å². The second kappa shape index (κ2) is 8.29. The second-order valence-corrected chi connectivity index (χ2v) is 8.96. The highest BCUT2D eigenvalue weighted by Crippen LogP contribution is 2.26. The Morgan fingerprint density at radius 3 is 2.32 bits per heavy atom. The fourth-order valence-corrected chi connectivity index (χ4v) is 4.67. The van der Waals surface area contributed by atoms with E-state index in [1.54, 1.807) is 29.4 Å². The molecule has 1 heterocycles. The second-order valence-electron chi connectivity index (χ2n) is 7.06. The molecule has 7 heteroatoms. The monoisotopic (exact) mass is 367 g/mol. The molecule has 1 aliphatic rings. The minimum atomic E-state index is -3.56. The van der Waals surface area contributed by atoms with Crippen LogP contribution in [0.5, 0.6) is 0 Å². The van der Waals surface area contributed by atoms with Crippen molar-refractivity contribution in [3.05, 3.63) is 23.8 Å². The van der Waals surface area contributed by atoms with Crippen LogP contribution < -0.4 is 11.1 Å². The molecule has 1 amide bonds. The van der Waals surface area contributed by atoms with E-state index in [0.717, 1.165) is 25.7 Å². The van der Waals surface area contributed by atoms with Crippen molar-refractivity contribution < 1.29 is 13.2 Å². The lowest BCUT2D eigenvalue weighted by molar-refractivity contribution is -0.118. The summed E-state index contributed by atoms with van der Waals surface area (Å²) in [6.07, 6.45) is 3.90. The molecule has 0 spiro atoms.